The summed E-state index contributed by atoms with van der Waals surface area (Å²) < 4.78 is 0. The van der Waals surface area contributed by atoms with E-state index in [0.29, 0.717) is 0 Å². The standard InChI is InChI=1S/ClH.3H2O.Os/h1H;3*1H2;. The van der Waals surface area contributed by atoms with Gasteiger partial charge in [-0.25, -0.2) is 0 Å². The minimum Gasteiger partial charge on any atom is -0.412 e. The zero-order chi connectivity index (χ0) is 0. The first-order chi connectivity index (χ1) is 0. The van der Waals surface area contributed by atoms with Gasteiger partial charge < -0.3 is 16.4 Å². The summed E-state index contributed by atoms with van der Waals surface area (Å²) in [6, 6.07) is 0. The summed E-state index contributed by atoms with van der Waals surface area (Å²) >= 11 is 0. The van der Waals surface area contributed by atoms with E-state index in [-0.39, 0.29) is 48.6 Å². The Kier molecular flexibility index (Phi) is 4420. The molecule has 3 nitrogen and oxygen atoms in total. The van der Waals surface area contributed by atoms with Crippen LogP contribution in [-0.4, -0.2) is 16.4 Å². The van der Waals surface area contributed by atoms with E-state index in [4.69, 9.17) is 0 Å². The van der Waals surface area contributed by atoms with E-state index >= 15 is 0 Å². The van der Waals surface area contributed by atoms with Crippen LogP contribution in [0.25, 0.3) is 0 Å². The van der Waals surface area contributed by atoms with Crippen LogP contribution in [0.5, 0.6) is 0 Å². The van der Waals surface area contributed by atoms with E-state index in [9.17, 15) is 0 Å². The Morgan fingerprint density at radius 2 is 0.600 bits per heavy atom. The topological polar surface area (TPSA) is 94.5 Å². The Balaban J connectivity index is 0. The van der Waals surface area contributed by atoms with Crippen molar-refractivity contribution < 1.29 is 36.2 Å². The first kappa shape index (κ1) is 206. The van der Waals surface area contributed by atoms with Crippen LogP contribution in [0.4, 0.5) is 0 Å². The Hall–Kier alpha value is 0.806. The molecule has 0 amide bonds. The smallest absolute Gasteiger partial charge is 0 e. The molecule has 0 saturated carbocycles. The van der Waals surface area contributed by atoms with Gasteiger partial charge in [-0.1, -0.05) is 0 Å². The first-order valence-electron chi connectivity index (χ1n) is 0. The number of rotatable bonds is 0. The van der Waals surface area contributed by atoms with Gasteiger partial charge in [0.15, 0.2) is 0 Å². The van der Waals surface area contributed by atoms with Gasteiger partial charge in [0.2, 0.25) is 0 Å². The van der Waals surface area contributed by atoms with E-state index in [1.165, 1.54) is 0 Å². The summed E-state index contributed by atoms with van der Waals surface area (Å²) in [5.74, 6) is 0. The molecule has 0 spiro atoms. The fourth-order valence-electron chi connectivity index (χ4n) is 0. The van der Waals surface area contributed by atoms with Crippen molar-refractivity contribution in [3.63, 3.8) is 0 Å². The van der Waals surface area contributed by atoms with Gasteiger partial charge in [-0.05, 0) is 0 Å². The minimum atomic E-state index is 0. The molecule has 0 saturated heterocycles. The van der Waals surface area contributed by atoms with Gasteiger partial charge in [0, 0.05) is 19.8 Å². The second-order valence-corrected chi connectivity index (χ2v) is 0. The summed E-state index contributed by atoms with van der Waals surface area (Å²) in [4.78, 5) is 0. The number of hydrogen-bond donors (Lipinski definition) is 0. The molecular weight excluding hydrogens is 274 g/mol. The van der Waals surface area contributed by atoms with Gasteiger partial charge in [-0.2, -0.15) is 0 Å². The summed E-state index contributed by atoms with van der Waals surface area (Å²) in [7, 11) is 0. The number of hydrogen-bond acceptors (Lipinski definition) is 0. The molecule has 0 rings (SSSR count). The average molecular weight is 281 g/mol. The van der Waals surface area contributed by atoms with Crippen molar-refractivity contribution in [2.45, 2.75) is 0 Å². The molecule has 0 aliphatic heterocycles. The van der Waals surface area contributed by atoms with Crippen molar-refractivity contribution in [1.29, 1.82) is 0 Å². The molecule has 0 bridgehead atoms. The normalized spacial score (nSPS) is 0. The van der Waals surface area contributed by atoms with Crippen molar-refractivity contribution in [3.05, 3.63) is 0 Å². The maximum atomic E-state index is 0. The van der Waals surface area contributed by atoms with Gasteiger partial charge in [0.05, 0.1) is 0 Å². The molecule has 5 heavy (non-hydrogen) atoms. The number of halogens is 1. The van der Waals surface area contributed by atoms with Crippen molar-refractivity contribution in [3.8, 4) is 0 Å². The molecule has 0 aromatic carbocycles. The van der Waals surface area contributed by atoms with Crippen LogP contribution in [0.1, 0.15) is 0 Å². The molecule has 5 heteroatoms. The Morgan fingerprint density at radius 1 is 0.600 bits per heavy atom. The van der Waals surface area contributed by atoms with Crippen LogP contribution >= 0.6 is 12.4 Å². The molecule has 0 aromatic rings. The zero-order valence-corrected chi connectivity index (χ0v) is 5.62. The Labute approximate surface area is 49.1 Å². The van der Waals surface area contributed by atoms with Gasteiger partial charge in [-0.3, -0.25) is 0 Å². The van der Waals surface area contributed by atoms with Gasteiger partial charge in [-0.15, -0.1) is 12.4 Å². The van der Waals surface area contributed by atoms with Crippen molar-refractivity contribution in [1.82, 2.24) is 0 Å². The minimum absolute atomic E-state index is 0. The molecule has 0 unspecified atom stereocenters. The van der Waals surface area contributed by atoms with E-state index in [1.807, 2.05) is 0 Å². The van der Waals surface area contributed by atoms with Crippen LogP contribution in [0.2, 0.25) is 0 Å². The van der Waals surface area contributed by atoms with Gasteiger partial charge >= 0.3 is 0 Å². The predicted molar refractivity (Wildman–Crippen MR) is 18.1 cm³/mol. The summed E-state index contributed by atoms with van der Waals surface area (Å²) in [6.45, 7) is 0. The quantitative estimate of drug-likeness (QED) is 0.488. The zero-order valence-electron chi connectivity index (χ0n) is 2.26. The molecule has 0 radical (unpaired) electrons. The molecule has 0 aliphatic carbocycles. The Bertz CT molecular complexity index is 6.85. The second-order valence-electron chi connectivity index (χ2n) is 0. The average Bonchev–Trinajstić information content (AvgIpc) is 0. The van der Waals surface area contributed by atoms with E-state index in [0.717, 1.165) is 0 Å². The van der Waals surface area contributed by atoms with Gasteiger partial charge in [0.1, 0.15) is 0 Å². The molecule has 0 aromatic heterocycles. The predicted octanol–water partition coefficient (Wildman–Crippen LogP) is -2.05. The van der Waals surface area contributed by atoms with Crippen molar-refractivity contribution >= 4 is 12.4 Å². The fraction of sp³-hybridized carbons (Fsp3) is 0. The third-order valence-corrected chi connectivity index (χ3v) is 0. The second kappa shape index (κ2) is 107. The molecule has 0 heterocycles. The summed E-state index contributed by atoms with van der Waals surface area (Å²) in [5.41, 5.74) is 0. The molecule has 0 atom stereocenters. The first-order valence-corrected chi connectivity index (χ1v) is 0. The molecule has 0 fully saturated rings. The fourth-order valence-corrected chi connectivity index (χ4v) is 0. The van der Waals surface area contributed by atoms with E-state index in [2.05, 4.69) is 0 Å². The molecule has 0 aliphatic rings. The van der Waals surface area contributed by atoms with E-state index < -0.39 is 0 Å². The van der Waals surface area contributed by atoms with Crippen LogP contribution in [0.15, 0.2) is 0 Å². The molecule has 40 valence electrons. The summed E-state index contributed by atoms with van der Waals surface area (Å²) in [6.07, 6.45) is 0. The van der Waals surface area contributed by atoms with E-state index in [1.54, 1.807) is 0 Å². The maximum Gasteiger partial charge on any atom is 0 e. The van der Waals surface area contributed by atoms with Gasteiger partial charge in [0.25, 0.3) is 0 Å². The third kappa shape index (κ3) is 58.2. The van der Waals surface area contributed by atoms with Crippen LogP contribution in [-0.2, 0) is 19.8 Å². The molecular formula is H7ClO3Os. The Morgan fingerprint density at radius 3 is 0.600 bits per heavy atom. The van der Waals surface area contributed by atoms with Crippen molar-refractivity contribution in [2.24, 2.45) is 0 Å². The largest absolute Gasteiger partial charge is 0.412 e. The van der Waals surface area contributed by atoms with Crippen LogP contribution < -0.4 is 0 Å². The maximum absolute atomic E-state index is 0. The third-order valence-electron chi connectivity index (χ3n) is 0. The van der Waals surface area contributed by atoms with Crippen LogP contribution in [0.3, 0.4) is 0 Å². The SMILES string of the molecule is Cl.O.O.O.[Os]. The molecule has 6 N–H and O–H groups in total. The van der Waals surface area contributed by atoms with Crippen molar-refractivity contribution in [2.75, 3.05) is 0 Å². The monoisotopic (exact) mass is 282 g/mol. The summed E-state index contributed by atoms with van der Waals surface area (Å²) in [5, 5.41) is 0. The van der Waals surface area contributed by atoms with Crippen LogP contribution in [0, 0.1) is 0 Å².